The van der Waals surface area contributed by atoms with Crippen molar-refractivity contribution in [3.05, 3.63) is 42.0 Å². The number of alkyl halides is 3. The number of carbonyl (C=O) groups excluding carboxylic acids is 1. The first-order chi connectivity index (χ1) is 13.3. The molecule has 0 saturated heterocycles. The topological polar surface area (TPSA) is 67.2 Å². The van der Waals surface area contributed by atoms with Gasteiger partial charge in [0.1, 0.15) is 0 Å². The normalized spacial score (nSPS) is 21.3. The fourth-order valence-corrected chi connectivity index (χ4v) is 4.68. The van der Waals surface area contributed by atoms with E-state index in [-0.39, 0.29) is 23.6 Å². The second-order valence-corrected chi connectivity index (χ2v) is 8.30. The molecule has 4 N–H and O–H groups in total. The molecule has 2 aromatic rings. The lowest BCUT2D eigenvalue weighted by molar-refractivity contribution is -0.137. The maximum atomic E-state index is 13.4. The Bertz CT molecular complexity index is 908. The van der Waals surface area contributed by atoms with E-state index in [0.29, 0.717) is 23.4 Å². The summed E-state index contributed by atoms with van der Waals surface area (Å²) in [5.41, 5.74) is 6.57. The van der Waals surface area contributed by atoms with Crippen molar-refractivity contribution < 1.29 is 18.0 Å². The predicted octanol–water partition coefficient (Wildman–Crippen LogP) is 5.37. The SMILES string of the molecule is NC1CCC(C(=O)Nc2cc(C(F)(F)F)cc3c2Nc2ccccc2S3)CC1. The van der Waals surface area contributed by atoms with Crippen LogP contribution in [-0.2, 0) is 11.0 Å². The van der Waals surface area contributed by atoms with Crippen LogP contribution in [0.2, 0.25) is 0 Å². The summed E-state index contributed by atoms with van der Waals surface area (Å²) >= 11 is 1.26. The number of halogens is 3. The molecule has 4 nitrogen and oxygen atoms in total. The van der Waals surface area contributed by atoms with Crippen LogP contribution in [0, 0.1) is 5.92 Å². The van der Waals surface area contributed by atoms with Gasteiger partial charge in [-0.1, -0.05) is 23.9 Å². The van der Waals surface area contributed by atoms with Gasteiger partial charge in [0.2, 0.25) is 5.91 Å². The minimum atomic E-state index is -4.50. The minimum absolute atomic E-state index is 0.0972. The van der Waals surface area contributed by atoms with E-state index in [1.165, 1.54) is 11.8 Å². The number of benzene rings is 2. The monoisotopic (exact) mass is 407 g/mol. The zero-order chi connectivity index (χ0) is 19.9. The molecule has 1 aliphatic carbocycles. The van der Waals surface area contributed by atoms with Gasteiger partial charge in [0, 0.05) is 21.8 Å². The van der Waals surface area contributed by atoms with E-state index >= 15 is 0 Å². The highest BCUT2D eigenvalue weighted by atomic mass is 32.2. The van der Waals surface area contributed by atoms with Crippen molar-refractivity contribution in [3.63, 3.8) is 0 Å². The van der Waals surface area contributed by atoms with Crippen LogP contribution in [0.15, 0.2) is 46.2 Å². The molecule has 0 radical (unpaired) electrons. The smallest absolute Gasteiger partial charge is 0.352 e. The predicted molar refractivity (Wildman–Crippen MR) is 104 cm³/mol. The van der Waals surface area contributed by atoms with Gasteiger partial charge in [-0.2, -0.15) is 13.2 Å². The summed E-state index contributed by atoms with van der Waals surface area (Å²) in [6, 6.07) is 9.62. The number of carbonyl (C=O) groups is 1. The maximum absolute atomic E-state index is 13.4. The van der Waals surface area contributed by atoms with Gasteiger partial charge in [-0.15, -0.1) is 0 Å². The third-order valence-electron chi connectivity index (χ3n) is 5.20. The highest BCUT2D eigenvalue weighted by molar-refractivity contribution is 7.99. The van der Waals surface area contributed by atoms with Crippen LogP contribution in [0.25, 0.3) is 0 Å². The van der Waals surface area contributed by atoms with E-state index in [4.69, 9.17) is 5.73 Å². The molecule has 2 aromatic carbocycles. The van der Waals surface area contributed by atoms with E-state index in [2.05, 4.69) is 10.6 Å². The van der Waals surface area contributed by atoms with Crippen LogP contribution < -0.4 is 16.4 Å². The molecule has 1 heterocycles. The number of nitrogens with one attached hydrogen (secondary N) is 2. The summed E-state index contributed by atoms with van der Waals surface area (Å²) in [7, 11) is 0. The molecule has 0 bridgehead atoms. The Balaban J connectivity index is 1.67. The molecule has 0 spiro atoms. The Morgan fingerprint density at radius 1 is 1.11 bits per heavy atom. The van der Waals surface area contributed by atoms with Gasteiger partial charge in [-0.3, -0.25) is 4.79 Å². The van der Waals surface area contributed by atoms with E-state index < -0.39 is 11.7 Å². The molecule has 0 unspecified atom stereocenters. The van der Waals surface area contributed by atoms with Crippen LogP contribution in [0.3, 0.4) is 0 Å². The average Bonchev–Trinajstić information content (AvgIpc) is 2.66. The zero-order valence-corrected chi connectivity index (χ0v) is 15.8. The Morgan fingerprint density at radius 3 is 2.54 bits per heavy atom. The van der Waals surface area contributed by atoms with Crippen molar-refractivity contribution in [2.75, 3.05) is 10.6 Å². The lowest BCUT2D eigenvalue weighted by Gasteiger charge is -2.28. The van der Waals surface area contributed by atoms with Crippen LogP contribution in [0.5, 0.6) is 0 Å². The second-order valence-electron chi connectivity index (χ2n) is 7.22. The van der Waals surface area contributed by atoms with E-state index in [0.717, 1.165) is 35.6 Å². The first-order valence-electron chi connectivity index (χ1n) is 9.17. The lowest BCUT2D eigenvalue weighted by Crippen LogP contribution is -2.32. The standard InChI is InChI=1S/C20H20F3N3OS/c21-20(22,23)12-9-15(26-19(27)11-5-7-13(24)8-6-11)18-17(10-12)28-16-4-2-1-3-14(16)25-18/h1-4,9-11,13,25H,5-8,24H2,(H,26,27). The summed E-state index contributed by atoms with van der Waals surface area (Å²) in [4.78, 5) is 14.0. The Kier molecular flexibility index (Phi) is 5.01. The molecule has 4 rings (SSSR count). The van der Waals surface area contributed by atoms with E-state index in [1.54, 1.807) is 0 Å². The van der Waals surface area contributed by atoms with Gasteiger partial charge in [0.25, 0.3) is 0 Å². The molecule has 1 saturated carbocycles. The van der Waals surface area contributed by atoms with Crippen molar-refractivity contribution in [2.24, 2.45) is 11.7 Å². The lowest BCUT2D eigenvalue weighted by atomic mass is 9.86. The van der Waals surface area contributed by atoms with Gasteiger partial charge in [-0.05, 0) is 49.9 Å². The summed E-state index contributed by atoms with van der Waals surface area (Å²) < 4.78 is 40.2. The Hall–Kier alpha value is -2.19. The maximum Gasteiger partial charge on any atom is 0.416 e. The van der Waals surface area contributed by atoms with Gasteiger partial charge in [0.05, 0.1) is 22.6 Å². The molecule has 0 aromatic heterocycles. The zero-order valence-electron chi connectivity index (χ0n) is 15.0. The molecule has 148 valence electrons. The molecule has 1 fully saturated rings. The number of rotatable bonds is 2. The molecular formula is C20H20F3N3OS. The summed E-state index contributed by atoms with van der Waals surface area (Å²) in [6.07, 6.45) is -1.69. The molecule has 28 heavy (non-hydrogen) atoms. The Labute approximate surface area is 165 Å². The van der Waals surface area contributed by atoms with Crippen LogP contribution >= 0.6 is 11.8 Å². The molecule has 8 heteroatoms. The van der Waals surface area contributed by atoms with Crippen molar-refractivity contribution in [1.29, 1.82) is 0 Å². The van der Waals surface area contributed by atoms with Gasteiger partial charge >= 0.3 is 6.18 Å². The fraction of sp³-hybridized carbons (Fsp3) is 0.350. The Morgan fingerprint density at radius 2 is 1.82 bits per heavy atom. The third kappa shape index (κ3) is 3.84. The number of fused-ring (bicyclic) bond motifs is 2. The van der Waals surface area contributed by atoms with Gasteiger partial charge in [0.15, 0.2) is 0 Å². The average molecular weight is 407 g/mol. The first kappa shape index (κ1) is 19.1. The summed E-state index contributed by atoms with van der Waals surface area (Å²) in [5.74, 6) is -0.479. The minimum Gasteiger partial charge on any atom is -0.352 e. The number of nitrogens with two attached hydrogens (primary N) is 1. The number of anilines is 3. The van der Waals surface area contributed by atoms with Crippen molar-refractivity contribution in [1.82, 2.24) is 0 Å². The number of para-hydroxylation sites is 1. The first-order valence-corrected chi connectivity index (χ1v) is 9.98. The molecule has 0 atom stereocenters. The fourth-order valence-electron chi connectivity index (χ4n) is 3.62. The number of hydrogen-bond acceptors (Lipinski definition) is 4. The molecule has 2 aliphatic rings. The number of amides is 1. The van der Waals surface area contributed by atoms with Crippen LogP contribution in [0.1, 0.15) is 31.2 Å². The van der Waals surface area contributed by atoms with Gasteiger partial charge in [-0.25, -0.2) is 0 Å². The van der Waals surface area contributed by atoms with Crippen LogP contribution in [0.4, 0.5) is 30.2 Å². The molecule has 1 aliphatic heterocycles. The quantitative estimate of drug-likeness (QED) is 0.534. The largest absolute Gasteiger partial charge is 0.416 e. The van der Waals surface area contributed by atoms with Crippen LogP contribution in [-0.4, -0.2) is 11.9 Å². The summed E-state index contributed by atoms with van der Waals surface area (Å²) in [5, 5.41) is 5.92. The number of hydrogen-bond donors (Lipinski definition) is 3. The van der Waals surface area contributed by atoms with Gasteiger partial charge < -0.3 is 16.4 Å². The molecule has 1 amide bonds. The van der Waals surface area contributed by atoms with E-state index in [1.807, 2.05) is 24.3 Å². The summed E-state index contributed by atoms with van der Waals surface area (Å²) in [6.45, 7) is 0. The highest BCUT2D eigenvalue weighted by Crippen LogP contribution is 2.49. The van der Waals surface area contributed by atoms with Crippen molar-refractivity contribution in [3.8, 4) is 0 Å². The highest BCUT2D eigenvalue weighted by Gasteiger charge is 2.34. The van der Waals surface area contributed by atoms with E-state index in [9.17, 15) is 18.0 Å². The van der Waals surface area contributed by atoms with Crippen molar-refractivity contribution >= 4 is 34.7 Å². The second kappa shape index (κ2) is 7.33. The third-order valence-corrected chi connectivity index (χ3v) is 6.31. The van der Waals surface area contributed by atoms with Crippen molar-refractivity contribution in [2.45, 2.75) is 47.7 Å². The molecular weight excluding hydrogens is 387 g/mol.